The number of aliphatic imine (C=N–C) groups is 1. The molecule has 30 heavy (non-hydrogen) atoms. The van der Waals surface area contributed by atoms with Crippen molar-refractivity contribution in [1.29, 1.82) is 0 Å². The van der Waals surface area contributed by atoms with E-state index in [0.717, 1.165) is 36.9 Å². The van der Waals surface area contributed by atoms with Crippen LogP contribution in [0.15, 0.2) is 41.9 Å². The van der Waals surface area contributed by atoms with Crippen molar-refractivity contribution in [1.82, 2.24) is 20.4 Å². The van der Waals surface area contributed by atoms with Crippen molar-refractivity contribution in [3.8, 4) is 5.75 Å². The van der Waals surface area contributed by atoms with E-state index in [1.807, 2.05) is 25.2 Å². The molecule has 0 unspecified atom stereocenters. The predicted molar refractivity (Wildman–Crippen MR) is 125 cm³/mol. The Morgan fingerprint density at radius 3 is 2.57 bits per heavy atom. The van der Waals surface area contributed by atoms with Gasteiger partial charge >= 0.3 is 0 Å². The van der Waals surface area contributed by atoms with Gasteiger partial charge in [-0.3, -0.25) is 9.89 Å². The normalized spacial score (nSPS) is 20.5. The van der Waals surface area contributed by atoms with Crippen LogP contribution in [0.3, 0.4) is 0 Å². The zero-order chi connectivity index (χ0) is 21.2. The van der Waals surface area contributed by atoms with Gasteiger partial charge < -0.3 is 20.3 Å². The number of ether oxygens (including phenoxy) is 1. The molecule has 0 atom stereocenters. The summed E-state index contributed by atoms with van der Waals surface area (Å²) in [4.78, 5) is 9.69. The first-order valence-electron chi connectivity index (χ1n) is 11.4. The van der Waals surface area contributed by atoms with Gasteiger partial charge in [-0.1, -0.05) is 37.3 Å². The van der Waals surface area contributed by atoms with Crippen LogP contribution in [-0.2, 0) is 6.54 Å². The molecule has 2 aliphatic heterocycles. The van der Waals surface area contributed by atoms with Crippen LogP contribution in [0.2, 0.25) is 0 Å². The van der Waals surface area contributed by atoms with Crippen molar-refractivity contribution in [2.45, 2.75) is 44.2 Å². The van der Waals surface area contributed by atoms with Crippen LogP contribution in [0.25, 0.3) is 0 Å². The molecule has 0 radical (unpaired) electrons. The summed E-state index contributed by atoms with van der Waals surface area (Å²) in [6.07, 6.45) is 8.22. The number of nitrogens with one attached hydrogen (secondary N) is 2. The maximum atomic E-state index is 5.78. The van der Waals surface area contributed by atoms with Crippen LogP contribution in [0.4, 0.5) is 0 Å². The number of piperidine rings is 2. The molecule has 1 aromatic rings. The van der Waals surface area contributed by atoms with Crippen molar-refractivity contribution in [2.24, 2.45) is 4.99 Å². The number of benzene rings is 1. The molecule has 2 aliphatic rings. The number of rotatable bonds is 8. The number of guanidine groups is 1. The highest BCUT2D eigenvalue weighted by Crippen LogP contribution is 2.30. The first kappa shape index (κ1) is 22.6. The molecule has 6 nitrogen and oxygen atoms in total. The zero-order valence-corrected chi connectivity index (χ0v) is 18.8. The second-order valence-corrected chi connectivity index (χ2v) is 8.56. The lowest BCUT2D eigenvalue weighted by molar-refractivity contribution is 0.0173. The third-order valence-corrected chi connectivity index (χ3v) is 6.53. The molecular formula is C24H39N5O. The summed E-state index contributed by atoms with van der Waals surface area (Å²) in [6, 6.07) is 8.13. The highest BCUT2D eigenvalue weighted by molar-refractivity contribution is 5.79. The number of para-hydroxylation sites is 1. The fourth-order valence-corrected chi connectivity index (χ4v) is 4.60. The van der Waals surface area contributed by atoms with E-state index in [9.17, 15) is 0 Å². The Morgan fingerprint density at radius 2 is 1.87 bits per heavy atom. The third-order valence-electron chi connectivity index (χ3n) is 6.53. The smallest absolute Gasteiger partial charge is 0.191 e. The SMILES string of the molecule is C=CCOc1ccccc1CNC(=NC)NCC1(N2CCCCC2)CCN(C)CC1. The Kier molecular flexibility index (Phi) is 8.58. The predicted octanol–water partition coefficient (Wildman–Crippen LogP) is 2.87. The molecule has 0 saturated carbocycles. The summed E-state index contributed by atoms with van der Waals surface area (Å²) in [7, 11) is 4.08. The standard InChI is InChI=1S/C24H39N5O/c1-4-18-30-22-11-7-6-10-21(22)19-26-23(25-2)27-20-24(12-16-28(3)17-13-24)29-14-8-5-9-15-29/h4,6-7,10-11H,1,5,8-9,12-20H2,2-3H3,(H2,25,26,27). The number of likely N-dealkylation sites (tertiary alicyclic amines) is 2. The molecule has 6 heteroatoms. The van der Waals surface area contributed by atoms with E-state index in [1.54, 1.807) is 6.08 Å². The van der Waals surface area contributed by atoms with Crippen molar-refractivity contribution in [3.05, 3.63) is 42.5 Å². The molecule has 0 spiro atoms. The topological polar surface area (TPSA) is 52.1 Å². The average Bonchev–Trinajstić information content (AvgIpc) is 2.80. The molecule has 1 aromatic carbocycles. The molecule has 3 rings (SSSR count). The number of nitrogens with zero attached hydrogens (tertiary/aromatic N) is 3. The van der Waals surface area contributed by atoms with Crippen molar-refractivity contribution < 1.29 is 4.74 Å². The molecule has 0 aromatic heterocycles. The van der Waals surface area contributed by atoms with Crippen LogP contribution in [0.5, 0.6) is 5.75 Å². The Balaban J connectivity index is 1.60. The lowest BCUT2D eigenvalue weighted by Crippen LogP contribution is -2.62. The first-order valence-corrected chi connectivity index (χ1v) is 11.4. The van der Waals surface area contributed by atoms with E-state index in [0.29, 0.717) is 13.2 Å². The number of hydrogen-bond donors (Lipinski definition) is 2. The molecule has 0 aliphatic carbocycles. The minimum atomic E-state index is 0.232. The summed E-state index contributed by atoms with van der Waals surface area (Å²) in [6.45, 7) is 10.6. The maximum absolute atomic E-state index is 5.78. The van der Waals surface area contributed by atoms with E-state index in [-0.39, 0.29) is 5.54 Å². The fraction of sp³-hybridized carbons (Fsp3) is 0.625. The van der Waals surface area contributed by atoms with Gasteiger partial charge in [0.15, 0.2) is 5.96 Å². The van der Waals surface area contributed by atoms with Gasteiger partial charge in [-0.25, -0.2) is 0 Å². The van der Waals surface area contributed by atoms with E-state index in [4.69, 9.17) is 4.74 Å². The summed E-state index contributed by atoms with van der Waals surface area (Å²) in [5.41, 5.74) is 1.35. The van der Waals surface area contributed by atoms with Crippen LogP contribution in [0, 0.1) is 0 Å². The molecule has 166 valence electrons. The highest BCUT2D eigenvalue weighted by atomic mass is 16.5. The van der Waals surface area contributed by atoms with Crippen molar-refractivity contribution >= 4 is 5.96 Å². The van der Waals surface area contributed by atoms with Gasteiger partial charge in [0, 0.05) is 31.2 Å². The minimum Gasteiger partial charge on any atom is -0.489 e. The fourth-order valence-electron chi connectivity index (χ4n) is 4.60. The van der Waals surface area contributed by atoms with E-state index >= 15 is 0 Å². The lowest BCUT2D eigenvalue weighted by atomic mass is 9.84. The van der Waals surface area contributed by atoms with Gasteiger partial charge in [0.2, 0.25) is 0 Å². The van der Waals surface area contributed by atoms with Crippen molar-refractivity contribution in [2.75, 3.05) is 53.4 Å². The molecule has 0 bridgehead atoms. The third kappa shape index (κ3) is 5.99. The zero-order valence-electron chi connectivity index (χ0n) is 18.8. The average molecular weight is 414 g/mol. The molecular weight excluding hydrogens is 374 g/mol. The van der Waals surface area contributed by atoms with E-state index < -0.39 is 0 Å². The number of hydrogen-bond acceptors (Lipinski definition) is 4. The van der Waals surface area contributed by atoms with E-state index in [2.05, 4.69) is 45.1 Å². The maximum Gasteiger partial charge on any atom is 0.191 e. The monoisotopic (exact) mass is 413 g/mol. The van der Waals surface area contributed by atoms with Gasteiger partial charge in [-0.15, -0.1) is 0 Å². The Hall–Kier alpha value is -2.05. The van der Waals surface area contributed by atoms with Gasteiger partial charge in [-0.05, 0) is 65.0 Å². The summed E-state index contributed by atoms with van der Waals surface area (Å²) in [5, 5.41) is 7.12. The molecule has 2 heterocycles. The minimum absolute atomic E-state index is 0.232. The lowest BCUT2D eigenvalue weighted by Gasteiger charge is -2.50. The summed E-state index contributed by atoms with van der Waals surface area (Å²) >= 11 is 0. The van der Waals surface area contributed by atoms with Crippen LogP contribution in [-0.4, -0.2) is 74.7 Å². The molecule has 2 saturated heterocycles. The van der Waals surface area contributed by atoms with Gasteiger partial charge in [0.25, 0.3) is 0 Å². The van der Waals surface area contributed by atoms with Gasteiger partial charge in [-0.2, -0.15) is 0 Å². The van der Waals surface area contributed by atoms with Gasteiger partial charge in [0.1, 0.15) is 12.4 Å². The summed E-state index contributed by atoms with van der Waals surface area (Å²) < 4.78 is 5.78. The Bertz CT molecular complexity index is 691. The van der Waals surface area contributed by atoms with Crippen LogP contribution in [0.1, 0.15) is 37.7 Å². The first-order chi connectivity index (χ1) is 14.7. The van der Waals surface area contributed by atoms with Crippen LogP contribution >= 0.6 is 0 Å². The second-order valence-electron chi connectivity index (χ2n) is 8.56. The van der Waals surface area contributed by atoms with Crippen molar-refractivity contribution in [3.63, 3.8) is 0 Å². The van der Waals surface area contributed by atoms with E-state index in [1.165, 1.54) is 45.2 Å². The molecule has 0 amide bonds. The largest absolute Gasteiger partial charge is 0.489 e. The second kappa shape index (κ2) is 11.4. The van der Waals surface area contributed by atoms with Crippen LogP contribution < -0.4 is 15.4 Å². The summed E-state index contributed by atoms with van der Waals surface area (Å²) in [5.74, 6) is 1.74. The molecule has 2 fully saturated rings. The molecule has 2 N–H and O–H groups in total. The quantitative estimate of drug-likeness (QED) is 0.390. The van der Waals surface area contributed by atoms with Gasteiger partial charge in [0.05, 0.1) is 0 Å². The highest BCUT2D eigenvalue weighted by Gasteiger charge is 2.39. The Labute approximate surface area is 182 Å². The Morgan fingerprint density at radius 1 is 1.13 bits per heavy atom.